The van der Waals surface area contributed by atoms with E-state index < -0.39 is 10.0 Å². The Morgan fingerprint density at radius 2 is 1.82 bits per heavy atom. The van der Waals surface area contributed by atoms with Crippen molar-refractivity contribution in [1.82, 2.24) is 4.90 Å². The standard InChI is InChI=1S/C16H20N2O3S/c1-12(14-6-8-16(9-7-14)22(17,20)21)18(2)11-13-4-3-5-15(19)10-13/h3-10,12,19H,11H2,1-2H3,(H2,17,20,21). The Kier molecular flexibility index (Phi) is 4.85. The topological polar surface area (TPSA) is 83.6 Å². The number of rotatable bonds is 5. The minimum Gasteiger partial charge on any atom is -0.508 e. The van der Waals surface area contributed by atoms with Crippen molar-refractivity contribution in [3.63, 3.8) is 0 Å². The summed E-state index contributed by atoms with van der Waals surface area (Å²) in [6.07, 6.45) is 0. The van der Waals surface area contributed by atoms with E-state index >= 15 is 0 Å². The predicted octanol–water partition coefficient (Wildman–Crippen LogP) is 2.23. The SMILES string of the molecule is CC(c1ccc(S(N)(=O)=O)cc1)N(C)Cc1cccc(O)c1. The summed E-state index contributed by atoms with van der Waals surface area (Å²) in [5.41, 5.74) is 2.01. The molecule has 2 rings (SSSR count). The van der Waals surface area contributed by atoms with Gasteiger partial charge >= 0.3 is 0 Å². The molecule has 5 nitrogen and oxygen atoms in total. The molecule has 118 valence electrons. The molecule has 0 spiro atoms. The van der Waals surface area contributed by atoms with Crippen LogP contribution in [-0.2, 0) is 16.6 Å². The lowest BCUT2D eigenvalue weighted by atomic mass is 10.1. The van der Waals surface area contributed by atoms with Crippen LogP contribution in [-0.4, -0.2) is 25.5 Å². The second kappa shape index (κ2) is 6.48. The summed E-state index contributed by atoms with van der Waals surface area (Å²) in [7, 11) is -1.69. The van der Waals surface area contributed by atoms with Crippen LogP contribution in [0.1, 0.15) is 24.1 Å². The molecule has 1 unspecified atom stereocenters. The van der Waals surface area contributed by atoms with Gasteiger partial charge in [-0.3, -0.25) is 4.90 Å². The molecule has 0 saturated carbocycles. The van der Waals surface area contributed by atoms with Gasteiger partial charge in [-0.2, -0.15) is 0 Å². The summed E-state index contributed by atoms with van der Waals surface area (Å²) < 4.78 is 22.5. The van der Waals surface area contributed by atoms with Crippen molar-refractivity contribution in [2.45, 2.75) is 24.4 Å². The molecule has 1 atom stereocenters. The van der Waals surface area contributed by atoms with E-state index in [0.717, 1.165) is 11.1 Å². The zero-order chi connectivity index (χ0) is 16.3. The maximum atomic E-state index is 11.3. The first-order chi connectivity index (χ1) is 10.3. The summed E-state index contributed by atoms with van der Waals surface area (Å²) in [5.74, 6) is 0.246. The third-order valence-corrected chi connectivity index (χ3v) is 4.62. The minimum atomic E-state index is -3.66. The number of nitrogens with two attached hydrogens (primary N) is 1. The zero-order valence-electron chi connectivity index (χ0n) is 12.6. The van der Waals surface area contributed by atoms with Gasteiger partial charge in [0.15, 0.2) is 0 Å². The first kappa shape index (κ1) is 16.5. The molecule has 0 heterocycles. The van der Waals surface area contributed by atoms with E-state index in [4.69, 9.17) is 5.14 Å². The van der Waals surface area contributed by atoms with Crippen molar-refractivity contribution >= 4 is 10.0 Å². The van der Waals surface area contributed by atoms with Gasteiger partial charge in [0.1, 0.15) is 5.75 Å². The van der Waals surface area contributed by atoms with E-state index in [1.165, 1.54) is 12.1 Å². The Morgan fingerprint density at radius 3 is 2.36 bits per heavy atom. The van der Waals surface area contributed by atoms with Crippen LogP contribution in [0, 0.1) is 0 Å². The summed E-state index contributed by atoms with van der Waals surface area (Å²) in [4.78, 5) is 2.22. The van der Waals surface area contributed by atoms with Gasteiger partial charge in [0.05, 0.1) is 4.90 Å². The number of hydrogen-bond acceptors (Lipinski definition) is 4. The molecule has 2 aromatic rings. The highest BCUT2D eigenvalue weighted by molar-refractivity contribution is 7.89. The Morgan fingerprint density at radius 1 is 1.18 bits per heavy atom. The van der Waals surface area contributed by atoms with Crippen LogP contribution in [0.25, 0.3) is 0 Å². The lowest BCUT2D eigenvalue weighted by molar-refractivity contribution is 0.252. The third kappa shape index (κ3) is 4.07. The smallest absolute Gasteiger partial charge is 0.238 e. The van der Waals surface area contributed by atoms with Crippen molar-refractivity contribution in [2.75, 3.05) is 7.05 Å². The molecular formula is C16H20N2O3S. The Hall–Kier alpha value is -1.89. The molecule has 0 saturated heterocycles. The number of phenols is 1. The lowest BCUT2D eigenvalue weighted by Crippen LogP contribution is -2.22. The number of primary sulfonamides is 1. The van der Waals surface area contributed by atoms with Gasteiger partial charge in [-0.1, -0.05) is 24.3 Å². The van der Waals surface area contributed by atoms with Crippen LogP contribution >= 0.6 is 0 Å². The maximum Gasteiger partial charge on any atom is 0.238 e. The van der Waals surface area contributed by atoms with Gasteiger partial charge in [-0.05, 0) is 49.4 Å². The Balaban J connectivity index is 2.12. The monoisotopic (exact) mass is 320 g/mol. The van der Waals surface area contributed by atoms with E-state index in [9.17, 15) is 13.5 Å². The molecule has 0 aliphatic carbocycles. The highest BCUT2D eigenvalue weighted by Gasteiger charge is 2.14. The third-order valence-electron chi connectivity index (χ3n) is 3.69. The molecule has 0 amide bonds. The average molecular weight is 320 g/mol. The molecule has 0 aliphatic rings. The summed E-state index contributed by atoms with van der Waals surface area (Å²) in [6, 6.07) is 13.8. The van der Waals surface area contributed by atoms with E-state index in [0.29, 0.717) is 6.54 Å². The first-order valence-corrected chi connectivity index (χ1v) is 8.43. The highest BCUT2D eigenvalue weighted by Crippen LogP contribution is 2.23. The first-order valence-electron chi connectivity index (χ1n) is 6.88. The fourth-order valence-corrected chi connectivity index (χ4v) is 2.79. The number of nitrogens with zero attached hydrogens (tertiary/aromatic N) is 1. The number of hydrogen-bond donors (Lipinski definition) is 2. The van der Waals surface area contributed by atoms with Gasteiger partial charge in [-0.25, -0.2) is 13.6 Å². The molecule has 0 bridgehead atoms. The molecule has 0 radical (unpaired) electrons. The van der Waals surface area contributed by atoms with E-state index in [1.54, 1.807) is 24.3 Å². The summed E-state index contributed by atoms with van der Waals surface area (Å²) in [5, 5.41) is 14.6. The van der Waals surface area contributed by atoms with Crippen molar-refractivity contribution in [3.05, 3.63) is 59.7 Å². The quantitative estimate of drug-likeness (QED) is 0.885. The fraction of sp³-hybridized carbons (Fsp3) is 0.250. The molecule has 0 aromatic heterocycles. The average Bonchev–Trinajstić information content (AvgIpc) is 2.45. The number of aromatic hydroxyl groups is 1. The molecular weight excluding hydrogens is 300 g/mol. The zero-order valence-corrected chi connectivity index (χ0v) is 13.4. The van der Waals surface area contributed by atoms with Crippen LogP contribution < -0.4 is 5.14 Å². The van der Waals surface area contributed by atoms with E-state index in [-0.39, 0.29) is 16.7 Å². The second-order valence-corrected chi connectivity index (χ2v) is 6.94. The normalized spacial score (nSPS) is 13.3. The largest absolute Gasteiger partial charge is 0.508 e. The second-order valence-electron chi connectivity index (χ2n) is 5.38. The van der Waals surface area contributed by atoms with Crippen LogP contribution in [0.2, 0.25) is 0 Å². The predicted molar refractivity (Wildman–Crippen MR) is 85.8 cm³/mol. The minimum absolute atomic E-state index is 0.0943. The van der Waals surface area contributed by atoms with Gasteiger partial charge in [-0.15, -0.1) is 0 Å². The van der Waals surface area contributed by atoms with Crippen molar-refractivity contribution < 1.29 is 13.5 Å². The number of benzene rings is 2. The van der Waals surface area contributed by atoms with Gasteiger partial charge < -0.3 is 5.11 Å². The van der Waals surface area contributed by atoms with Crippen LogP contribution in [0.4, 0.5) is 0 Å². The van der Waals surface area contributed by atoms with E-state index in [1.807, 2.05) is 26.1 Å². The Bertz CT molecular complexity index is 742. The van der Waals surface area contributed by atoms with Gasteiger partial charge in [0, 0.05) is 12.6 Å². The summed E-state index contributed by atoms with van der Waals surface area (Å²) in [6.45, 7) is 2.71. The molecule has 0 aliphatic heterocycles. The van der Waals surface area contributed by atoms with Gasteiger partial charge in [0.2, 0.25) is 10.0 Å². The van der Waals surface area contributed by atoms with Crippen molar-refractivity contribution in [3.8, 4) is 5.75 Å². The number of phenolic OH excluding ortho intramolecular Hbond substituents is 1. The molecule has 3 N–H and O–H groups in total. The number of sulfonamides is 1. The van der Waals surface area contributed by atoms with Crippen LogP contribution in [0.15, 0.2) is 53.4 Å². The maximum absolute atomic E-state index is 11.3. The highest BCUT2D eigenvalue weighted by atomic mass is 32.2. The van der Waals surface area contributed by atoms with Crippen LogP contribution in [0.3, 0.4) is 0 Å². The van der Waals surface area contributed by atoms with Crippen LogP contribution in [0.5, 0.6) is 5.75 Å². The fourth-order valence-electron chi connectivity index (χ4n) is 2.27. The molecule has 6 heteroatoms. The van der Waals surface area contributed by atoms with Crippen molar-refractivity contribution in [2.24, 2.45) is 5.14 Å². The summed E-state index contributed by atoms with van der Waals surface area (Å²) >= 11 is 0. The lowest BCUT2D eigenvalue weighted by Gasteiger charge is -2.25. The molecule has 2 aromatic carbocycles. The van der Waals surface area contributed by atoms with E-state index in [2.05, 4.69) is 4.90 Å². The molecule has 0 fully saturated rings. The molecule has 22 heavy (non-hydrogen) atoms. The van der Waals surface area contributed by atoms with Crippen molar-refractivity contribution in [1.29, 1.82) is 0 Å². The van der Waals surface area contributed by atoms with Gasteiger partial charge in [0.25, 0.3) is 0 Å². The Labute approximate surface area is 131 Å².